The van der Waals surface area contributed by atoms with E-state index in [9.17, 15) is 9.18 Å². The molecule has 0 saturated carbocycles. The number of aromatic nitrogens is 1. The molecular formula is C20H18FN3OS. The molecule has 0 bridgehead atoms. The van der Waals surface area contributed by atoms with Crippen molar-refractivity contribution in [2.24, 2.45) is 0 Å². The van der Waals surface area contributed by atoms with Crippen molar-refractivity contribution in [2.45, 2.75) is 0 Å². The Balaban J connectivity index is 1.46. The van der Waals surface area contributed by atoms with E-state index in [-0.39, 0.29) is 11.7 Å². The number of halogens is 1. The van der Waals surface area contributed by atoms with Crippen molar-refractivity contribution in [3.8, 4) is 10.6 Å². The van der Waals surface area contributed by atoms with Crippen LogP contribution in [0.3, 0.4) is 0 Å². The SMILES string of the molecule is O=C(c1cccc(-c2nccs2)c1)N1CCN(c2ccccc2F)CC1. The summed E-state index contributed by atoms with van der Waals surface area (Å²) in [5.74, 6) is -0.208. The zero-order valence-electron chi connectivity index (χ0n) is 14.1. The van der Waals surface area contributed by atoms with E-state index in [1.165, 1.54) is 6.07 Å². The smallest absolute Gasteiger partial charge is 0.253 e. The highest BCUT2D eigenvalue weighted by Gasteiger charge is 2.23. The van der Waals surface area contributed by atoms with E-state index in [1.54, 1.807) is 29.7 Å². The molecule has 6 heteroatoms. The Bertz CT molecular complexity index is 905. The fourth-order valence-corrected chi connectivity index (χ4v) is 3.83. The van der Waals surface area contributed by atoms with Gasteiger partial charge in [0.1, 0.15) is 10.8 Å². The normalized spacial score (nSPS) is 14.5. The number of nitrogens with zero attached hydrogens (tertiary/aromatic N) is 3. The Labute approximate surface area is 155 Å². The molecule has 0 spiro atoms. The highest BCUT2D eigenvalue weighted by molar-refractivity contribution is 7.13. The summed E-state index contributed by atoms with van der Waals surface area (Å²) in [7, 11) is 0. The van der Waals surface area contributed by atoms with Gasteiger partial charge in [-0.05, 0) is 24.3 Å². The average Bonchev–Trinajstić information content (AvgIpc) is 3.23. The predicted octanol–water partition coefficient (Wildman–Crippen LogP) is 3.91. The molecule has 1 amide bonds. The van der Waals surface area contributed by atoms with Crippen molar-refractivity contribution < 1.29 is 9.18 Å². The lowest BCUT2D eigenvalue weighted by molar-refractivity contribution is 0.0746. The molecule has 2 heterocycles. The molecule has 1 aliphatic heterocycles. The van der Waals surface area contributed by atoms with Crippen LogP contribution in [0.4, 0.5) is 10.1 Å². The molecule has 132 valence electrons. The minimum atomic E-state index is -0.219. The number of carbonyl (C=O) groups excluding carboxylic acids is 1. The molecule has 1 aromatic heterocycles. The van der Waals surface area contributed by atoms with E-state index in [2.05, 4.69) is 4.98 Å². The summed E-state index contributed by atoms with van der Waals surface area (Å²) in [6, 6.07) is 14.4. The van der Waals surface area contributed by atoms with E-state index in [0.29, 0.717) is 37.4 Å². The summed E-state index contributed by atoms with van der Waals surface area (Å²) in [6.07, 6.45) is 1.76. The van der Waals surface area contributed by atoms with Crippen molar-refractivity contribution in [1.82, 2.24) is 9.88 Å². The van der Waals surface area contributed by atoms with Gasteiger partial charge in [-0.15, -0.1) is 11.3 Å². The molecule has 3 aromatic rings. The molecule has 4 nitrogen and oxygen atoms in total. The molecule has 26 heavy (non-hydrogen) atoms. The van der Waals surface area contributed by atoms with Crippen LogP contribution in [0.5, 0.6) is 0 Å². The number of carbonyl (C=O) groups is 1. The van der Waals surface area contributed by atoms with Crippen LogP contribution in [0.15, 0.2) is 60.1 Å². The first-order valence-electron chi connectivity index (χ1n) is 8.51. The van der Waals surface area contributed by atoms with Gasteiger partial charge in [-0.25, -0.2) is 9.37 Å². The second-order valence-electron chi connectivity index (χ2n) is 6.15. The zero-order valence-corrected chi connectivity index (χ0v) is 15.0. The number of anilines is 1. The second-order valence-corrected chi connectivity index (χ2v) is 7.04. The number of amides is 1. The van der Waals surface area contributed by atoms with Crippen LogP contribution in [0.1, 0.15) is 10.4 Å². The molecule has 1 fully saturated rings. The molecular weight excluding hydrogens is 349 g/mol. The number of rotatable bonds is 3. The fraction of sp³-hybridized carbons (Fsp3) is 0.200. The lowest BCUT2D eigenvalue weighted by atomic mass is 10.1. The maximum absolute atomic E-state index is 13.9. The lowest BCUT2D eigenvalue weighted by Gasteiger charge is -2.36. The first-order valence-corrected chi connectivity index (χ1v) is 9.39. The maximum atomic E-state index is 13.9. The maximum Gasteiger partial charge on any atom is 0.253 e. The number of hydrogen-bond acceptors (Lipinski definition) is 4. The third-order valence-electron chi connectivity index (χ3n) is 4.55. The van der Waals surface area contributed by atoms with Gasteiger partial charge in [-0.3, -0.25) is 4.79 Å². The number of benzene rings is 2. The number of hydrogen-bond donors (Lipinski definition) is 0. The first-order chi connectivity index (χ1) is 12.7. The summed E-state index contributed by atoms with van der Waals surface area (Å²) >= 11 is 1.55. The van der Waals surface area contributed by atoms with Gasteiger partial charge in [-0.2, -0.15) is 0 Å². The minimum Gasteiger partial charge on any atom is -0.366 e. The monoisotopic (exact) mass is 367 g/mol. The second kappa shape index (κ2) is 7.25. The standard InChI is InChI=1S/C20H18FN3OS/c21-17-6-1-2-7-18(17)23-9-11-24(12-10-23)20(25)16-5-3-4-15(14-16)19-22-8-13-26-19/h1-8,13-14H,9-12H2. The van der Waals surface area contributed by atoms with Gasteiger partial charge in [0.05, 0.1) is 5.69 Å². The quantitative estimate of drug-likeness (QED) is 0.704. The van der Waals surface area contributed by atoms with Crippen molar-refractivity contribution in [2.75, 3.05) is 31.1 Å². The number of para-hydroxylation sites is 1. The van der Waals surface area contributed by atoms with Crippen LogP contribution in [0.2, 0.25) is 0 Å². The van der Waals surface area contributed by atoms with E-state index in [1.807, 2.05) is 45.5 Å². The molecule has 0 aliphatic carbocycles. The Kier molecular flexibility index (Phi) is 4.67. The van der Waals surface area contributed by atoms with Gasteiger partial charge in [0.2, 0.25) is 0 Å². The zero-order chi connectivity index (χ0) is 17.9. The Hall–Kier alpha value is -2.73. The van der Waals surface area contributed by atoms with Gasteiger partial charge < -0.3 is 9.80 Å². The summed E-state index contributed by atoms with van der Waals surface area (Å²) in [6.45, 7) is 2.40. The summed E-state index contributed by atoms with van der Waals surface area (Å²) < 4.78 is 13.9. The predicted molar refractivity (Wildman–Crippen MR) is 102 cm³/mol. The van der Waals surface area contributed by atoms with Crippen molar-refractivity contribution in [3.05, 3.63) is 71.5 Å². The van der Waals surface area contributed by atoms with Crippen LogP contribution in [-0.4, -0.2) is 42.0 Å². The molecule has 0 radical (unpaired) electrons. The van der Waals surface area contributed by atoms with Gasteiger partial charge in [0.25, 0.3) is 5.91 Å². The van der Waals surface area contributed by atoms with Crippen molar-refractivity contribution in [1.29, 1.82) is 0 Å². The summed E-state index contributed by atoms with van der Waals surface area (Å²) in [5, 5.41) is 2.83. The van der Waals surface area contributed by atoms with Crippen molar-refractivity contribution in [3.63, 3.8) is 0 Å². The van der Waals surface area contributed by atoms with E-state index < -0.39 is 0 Å². The van der Waals surface area contributed by atoms with Crippen LogP contribution in [-0.2, 0) is 0 Å². The molecule has 2 aromatic carbocycles. The van der Waals surface area contributed by atoms with Crippen molar-refractivity contribution >= 4 is 22.9 Å². The van der Waals surface area contributed by atoms with Crippen LogP contribution in [0, 0.1) is 5.82 Å². The van der Waals surface area contributed by atoms with Gasteiger partial charge >= 0.3 is 0 Å². The molecule has 4 rings (SSSR count). The van der Waals surface area contributed by atoms with Gasteiger partial charge in [-0.1, -0.05) is 24.3 Å². The van der Waals surface area contributed by atoms with Gasteiger partial charge in [0, 0.05) is 48.9 Å². The molecule has 0 unspecified atom stereocenters. The third kappa shape index (κ3) is 3.32. The van der Waals surface area contributed by atoms with E-state index in [4.69, 9.17) is 0 Å². The Morgan fingerprint density at radius 1 is 1.04 bits per heavy atom. The molecule has 1 aliphatic rings. The number of thiazole rings is 1. The van der Waals surface area contributed by atoms with E-state index in [0.717, 1.165) is 10.6 Å². The van der Waals surface area contributed by atoms with Gasteiger partial charge in [0.15, 0.2) is 0 Å². The minimum absolute atomic E-state index is 0.0107. The average molecular weight is 367 g/mol. The molecule has 0 N–H and O–H groups in total. The fourth-order valence-electron chi connectivity index (χ4n) is 3.19. The van der Waals surface area contributed by atoms with E-state index >= 15 is 0 Å². The largest absolute Gasteiger partial charge is 0.366 e. The summed E-state index contributed by atoms with van der Waals surface area (Å²) in [5.41, 5.74) is 2.22. The first kappa shape index (κ1) is 16.7. The van der Waals surface area contributed by atoms with Crippen LogP contribution >= 0.6 is 11.3 Å². The third-order valence-corrected chi connectivity index (χ3v) is 5.37. The molecule has 0 atom stereocenters. The topological polar surface area (TPSA) is 36.4 Å². The Morgan fingerprint density at radius 3 is 2.58 bits per heavy atom. The highest BCUT2D eigenvalue weighted by Crippen LogP contribution is 2.24. The lowest BCUT2D eigenvalue weighted by Crippen LogP contribution is -2.49. The van der Waals surface area contributed by atoms with Crippen LogP contribution in [0.25, 0.3) is 10.6 Å². The highest BCUT2D eigenvalue weighted by atomic mass is 32.1. The van der Waals surface area contributed by atoms with Crippen LogP contribution < -0.4 is 4.90 Å². The molecule has 1 saturated heterocycles. The Morgan fingerprint density at radius 2 is 1.85 bits per heavy atom. The number of piperazine rings is 1. The summed E-state index contributed by atoms with van der Waals surface area (Å²) in [4.78, 5) is 21.0.